The largest absolute Gasteiger partial charge is 0.573 e. The van der Waals surface area contributed by atoms with Gasteiger partial charge in [-0.2, -0.15) is 4.39 Å². The Bertz CT molecular complexity index is 434. The lowest BCUT2D eigenvalue weighted by Crippen LogP contribution is -2.16. The van der Waals surface area contributed by atoms with Crippen molar-refractivity contribution in [3.63, 3.8) is 0 Å². The van der Waals surface area contributed by atoms with E-state index in [-0.39, 0.29) is 5.56 Å². The number of benzene rings is 1. The standard InChI is InChI=1S/C10H6F4O3/c11-8(9(15)16)5-6-1-3-7(4-2-6)17-10(12,13)14/h1-5H,(H,15,16)/b8-5-. The fourth-order valence-electron chi connectivity index (χ4n) is 0.974. The monoisotopic (exact) mass is 250 g/mol. The molecule has 0 heterocycles. The Kier molecular flexibility index (Phi) is 3.72. The van der Waals surface area contributed by atoms with E-state index >= 15 is 0 Å². The van der Waals surface area contributed by atoms with Gasteiger partial charge in [-0.15, -0.1) is 13.2 Å². The van der Waals surface area contributed by atoms with Gasteiger partial charge in [0.1, 0.15) is 5.75 Å². The van der Waals surface area contributed by atoms with Gasteiger partial charge in [-0.3, -0.25) is 0 Å². The lowest BCUT2D eigenvalue weighted by atomic mass is 10.2. The van der Waals surface area contributed by atoms with Crippen molar-refractivity contribution in [2.45, 2.75) is 6.36 Å². The predicted molar refractivity (Wildman–Crippen MR) is 49.8 cm³/mol. The first-order chi connectivity index (χ1) is 7.78. The van der Waals surface area contributed by atoms with Crippen LogP contribution < -0.4 is 4.74 Å². The van der Waals surface area contributed by atoms with Gasteiger partial charge >= 0.3 is 12.3 Å². The third-order valence-electron chi connectivity index (χ3n) is 1.61. The molecule has 0 radical (unpaired) electrons. The zero-order chi connectivity index (χ0) is 13.1. The lowest BCUT2D eigenvalue weighted by Gasteiger charge is -2.08. The molecule has 0 amide bonds. The minimum absolute atomic E-state index is 0.111. The van der Waals surface area contributed by atoms with Crippen LogP contribution >= 0.6 is 0 Å². The number of carboxylic acid groups (broad SMARTS) is 1. The number of carbonyl (C=O) groups is 1. The Morgan fingerprint density at radius 2 is 1.76 bits per heavy atom. The fourth-order valence-corrected chi connectivity index (χ4v) is 0.974. The lowest BCUT2D eigenvalue weighted by molar-refractivity contribution is -0.274. The van der Waals surface area contributed by atoms with Crippen LogP contribution in [0.1, 0.15) is 5.56 Å². The second-order valence-corrected chi connectivity index (χ2v) is 2.91. The van der Waals surface area contributed by atoms with Crippen molar-refractivity contribution >= 4 is 12.0 Å². The third-order valence-corrected chi connectivity index (χ3v) is 1.61. The number of ether oxygens (including phenoxy) is 1. The molecule has 0 aliphatic heterocycles. The van der Waals surface area contributed by atoms with Gasteiger partial charge in [0.15, 0.2) is 0 Å². The highest BCUT2D eigenvalue weighted by Gasteiger charge is 2.30. The molecule has 1 rings (SSSR count). The van der Waals surface area contributed by atoms with E-state index in [2.05, 4.69) is 4.74 Å². The van der Waals surface area contributed by atoms with E-state index in [1.807, 2.05) is 0 Å². The number of hydrogen-bond donors (Lipinski definition) is 1. The molecule has 0 saturated carbocycles. The highest BCUT2D eigenvalue weighted by atomic mass is 19.4. The Hall–Kier alpha value is -2.05. The number of hydrogen-bond acceptors (Lipinski definition) is 2. The fraction of sp³-hybridized carbons (Fsp3) is 0.100. The molecular weight excluding hydrogens is 244 g/mol. The van der Waals surface area contributed by atoms with Crippen LogP contribution in [0, 0.1) is 0 Å². The molecule has 0 fully saturated rings. The molecule has 1 N–H and O–H groups in total. The first-order valence-electron chi connectivity index (χ1n) is 4.24. The molecule has 0 aliphatic rings. The van der Waals surface area contributed by atoms with Crippen LogP contribution in [-0.2, 0) is 4.79 Å². The molecule has 0 unspecified atom stereocenters. The molecule has 0 bridgehead atoms. The summed E-state index contributed by atoms with van der Waals surface area (Å²) in [6.45, 7) is 0. The van der Waals surface area contributed by atoms with Crippen molar-refractivity contribution in [3.05, 3.63) is 35.7 Å². The zero-order valence-corrected chi connectivity index (χ0v) is 8.16. The molecule has 1 aromatic carbocycles. The van der Waals surface area contributed by atoms with Crippen LogP contribution in [-0.4, -0.2) is 17.4 Å². The number of halogens is 4. The minimum Gasteiger partial charge on any atom is -0.476 e. The molecule has 3 nitrogen and oxygen atoms in total. The summed E-state index contributed by atoms with van der Waals surface area (Å²) in [4.78, 5) is 10.1. The summed E-state index contributed by atoms with van der Waals surface area (Å²) in [6, 6.07) is 4.11. The molecular formula is C10H6F4O3. The summed E-state index contributed by atoms with van der Waals surface area (Å²) >= 11 is 0. The van der Waals surface area contributed by atoms with E-state index in [0.29, 0.717) is 6.08 Å². The average Bonchev–Trinajstić information content (AvgIpc) is 2.18. The van der Waals surface area contributed by atoms with Gasteiger partial charge in [0.05, 0.1) is 0 Å². The maximum absolute atomic E-state index is 12.6. The third kappa shape index (κ3) is 4.54. The molecule has 0 aromatic heterocycles. The van der Waals surface area contributed by atoms with Gasteiger partial charge in [-0.25, -0.2) is 4.79 Å². The van der Waals surface area contributed by atoms with Crippen molar-refractivity contribution < 1.29 is 32.2 Å². The van der Waals surface area contributed by atoms with Crippen molar-refractivity contribution in [1.82, 2.24) is 0 Å². The Labute approximate surface area is 92.9 Å². The first-order valence-corrected chi connectivity index (χ1v) is 4.24. The molecule has 1 aromatic rings. The maximum atomic E-state index is 12.6. The normalized spacial score (nSPS) is 12.4. The van der Waals surface area contributed by atoms with E-state index in [0.717, 1.165) is 24.3 Å². The molecule has 0 atom stereocenters. The van der Waals surface area contributed by atoms with E-state index in [9.17, 15) is 22.4 Å². The quantitative estimate of drug-likeness (QED) is 0.662. The summed E-state index contributed by atoms with van der Waals surface area (Å²) < 4.78 is 51.6. The molecule has 0 saturated heterocycles. The summed E-state index contributed by atoms with van der Waals surface area (Å²) in [5.74, 6) is -3.62. The summed E-state index contributed by atoms with van der Waals surface area (Å²) in [7, 11) is 0. The van der Waals surface area contributed by atoms with Crippen LogP contribution in [0.2, 0.25) is 0 Å². The summed E-state index contributed by atoms with van der Waals surface area (Å²) in [5, 5.41) is 8.23. The van der Waals surface area contributed by atoms with Crippen molar-refractivity contribution in [3.8, 4) is 5.75 Å². The van der Waals surface area contributed by atoms with Crippen LogP contribution in [0.5, 0.6) is 5.75 Å². The number of aliphatic carboxylic acids is 1. The van der Waals surface area contributed by atoms with Crippen molar-refractivity contribution in [1.29, 1.82) is 0 Å². The summed E-state index contributed by atoms with van der Waals surface area (Å²) in [5.41, 5.74) is 0.111. The van der Waals surface area contributed by atoms with Gasteiger partial charge in [0, 0.05) is 0 Å². The van der Waals surface area contributed by atoms with Gasteiger partial charge in [0.2, 0.25) is 5.83 Å². The molecule has 17 heavy (non-hydrogen) atoms. The van der Waals surface area contributed by atoms with Crippen LogP contribution in [0.3, 0.4) is 0 Å². The number of carboxylic acids is 1. The minimum atomic E-state index is -4.80. The molecule has 0 spiro atoms. The smallest absolute Gasteiger partial charge is 0.476 e. The Morgan fingerprint density at radius 1 is 1.24 bits per heavy atom. The highest BCUT2D eigenvalue weighted by Crippen LogP contribution is 2.23. The molecule has 7 heteroatoms. The highest BCUT2D eigenvalue weighted by molar-refractivity contribution is 5.89. The van der Waals surface area contributed by atoms with Gasteiger partial charge < -0.3 is 9.84 Å². The van der Waals surface area contributed by atoms with E-state index in [4.69, 9.17) is 5.11 Å². The Balaban J connectivity index is 2.82. The second-order valence-electron chi connectivity index (χ2n) is 2.91. The zero-order valence-electron chi connectivity index (χ0n) is 8.16. The Morgan fingerprint density at radius 3 is 2.18 bits per heavy atom. The van der Waals surface area contributed by atoms with E-state index < -0.39 is 23.9 Å². The average molecular weight is 250 g/mol. The molecule has 0 aliphatic carbocycles. The summed E-state index contributed by atoms with van der Waals surface area (Å²) in [6.07, 6.45) is -4.12. The van der Waals surface area contributed by atoms with Crippen LogP contribution in [0.25, 0.3) is 6.08 Å². The van der Waals surface area contributed by atoms with E-state index in [1.54, 1.807) is 0 Å². The topological polar surface area (TPSA) is 46.5 Å². The van der Waals surface area contributed by atoms with Crippen LogP contribution in [0.15, 0.2) is 30.1 Å². The maximum Gasteiger partial charge on any atom is 0.573 e. The van der Waals surface area contributed by atoms with Crippen molar-refractivity contribution in [2.75, 3.05) is 0 Å². The van der Waals surface area contributed by atoms with Crippen molar-refractivity contribution in [2.24, 2.45) is 0 Å². The van der Waals surface area contributed by atoms with Gasteiger partial charge in [-0.1, -0.05) is 12.1 Å². The van der Waals surface area contributed by atoms with Gasteiger partial charge in [0.25, 0.3) is 0 Å². The van der Waals surface area contributed by atoms with E-state index in [1.165, 1.54) is 0 Å². The van der Waals surface area contributed by atoms with Gasteiger partial charge in [-0.05, 0) is 23.8 Å². The first kappa shape index (κ1) is 13.0. The number of rotatable bonds is 3. The van der Waals surface area contributed by atoms with Crippen LogP contribution in [0.4, 0.5) is 17.6 Å². The SMILES string of the molecule is O=C(O)/C(F)=C/c1ccc(OC(F)(F)F)cc1. The predicted octanol–water partition coefficient (Wildman–Crippen LogP) is 2.98. The number of alkyl halides is 3. The molecule has 92 valence electrons. The second kappa shape index (κ2) is 4.86.